The van der Waals surface area contributed by atoms with E-state index in [0.717, 1.165) is 18.8 Å². The van der Waals surface area contributed by atoms with E-state index < -0.39 is 42.3 Å². The van der Waals surface area contributed by atoms with Crippen LogP contribution in [0.15, 0.2) is 12.1 Å². The van der Waals surface area contributed by atoms with Gasteiger partial charge in [-0.05, 0) is 74.0 Å². The highest BCUT2D eigenvalue weighted by atomic mass is 19.3. The number of rotatable bonds is 7. The zero-order valence-corrected chi connectivity index (χ0v) is 17.3. The monoisotopic (exact) mass is 436 g/mol. The summed E-state index contributed by atoms with van der Waals surface area (Å²) in [6, 6.07) is 1.32. The van der Waals surface area contributed by atoms with Crippen molar-refractivity contribution in [2.24, 2.45) is 23.7 Å². The third-order valence-corrected chi connectivity index (χ3v) is 7.21. The Morgan fingerprint density at radius 1 is 0.900 bits per heavy atom. The summed E-state index contributed by atoms with van der Waals surface area (Å²) in [7, 11) is 0. The molecule has 0 amide bonds. The molecule has 2 aliphatic carbocycles. The fraction of sp³-hybridized carbons (Fsp3) is 0.739. The Kier molecular flexibility index (Phi) is 7.61. The summed E-state index contributed by atoms with van der Waals surface area (Å²) in [6.07, 6.45) is 7.60. The fourth-order valence-electron chi connectivity index (χ4n) is 5.41. The molecule has 2 aliphatic rings. The molecule has 0 radical (unpaired) electrons. The summed E-state index contributed by atoms with van der Waals surface area (Å²) >= 11 is 0. The summed E-state index contributed by atoms with van der Waals surface area (Å²) < 4.78 is 85.6. The largest absolute Gasteiger partial charge is 0.429 e. The van der Waals surface area contributed by atoms with E-state index in [-0.39, 0.29) is 5.56 Å². The van der Waals surface area contributed by atoms with Crippen LogP contribution in [0.5, 0.6) is 5.75 Å². The first-order valence-electron chi connectivity index (χ1n) is 11.0. The van der Waals surface area contributed by atoms with E-state index in [1.807, 2.05) is 0 Å². The van der Waals surface area contributed by atoms with E-state index >= 15 is 0 Å². The van der Waals surface area contributed by atoms with Gasteiger partial charge in [-0.15, -0.1) is 0 Å². The van der Waals surface area contributed by atoms with Crippen LogP contribution in [-0.2, 0) is 6.42 Å². The summed E-state index contributed by atoms with van der Waals surface area (Å²) in [4.78, 5) is 0. The van der Waals surface area contributed by atoms with Gasteiger partial charge in [0.25, 0.3) is 5.92 Å². The molecule has 0 aromatic heterocycles. The molecule has 3 rings (SSSR count). The van der Waals surface area contributed by atoms with Crippen LogP contribution in [0.2, 0.25) is 0 Å². The molecule has 0 N–H and O–H groups in total. The summed E-state index contributed by atoms with van der Waals surface area (Å²) in [5.41, 5.74) is -0.253. The molecule has 0 saturated heterocycles. The number of halogens is 6. The van der Waals surface area contributed by atoms with Gasteiger partial charge in [-0.3, -0.25) is 0 Å². The zero-order valence-electron chi connectivity index (χ0n) is 17.3. The Morgan fingerprint density at radius 3 is 1.87 bits per heavy atom. The van der Waals surface area contributed by atoms with Gasteiger partial charge in [0, 0.05) is 12.3 Å². The average molecular weight is 436 g/mol. The molecule has 7 heteroatoms. The molecular weight excluding hydrogens is 406 g/mol. The SMILES string of the molecule is CCC1CCC(C2CCC(C(F)(F)Cc3cc(F)c(OC(F)F)c(F)c3)CC2)CC1. The molecule has 0 spiro atoms. The van der Waals surface area contributed by atoms with Crippen LogP contribution in [0.3, 0.4) is 0 Å². The first-order chi connectivity index (χ1) is 14.2. The van der Waals surface area contributed by atoms with Crippen molar-refractivity contribution in [3.05, 3.63) is 29.3 Å². The maximum atomic E-state index is 14.8. The molecular formula is C23H30F6O. The molecule has 0 aliphatic heterocycles. The van der Waals surface area contributed by atoms with E-state index in [9.17, 15) is 26.3 Å². The minimum absolute atomic E-state index is 0.253. The number of benzene rings is 1. The smallest absolute Gasteiger partial charge is 0.387 e. The highest BCUT2D eigenvalue weighted by Gasteiger charge is 2.43. The van der Waals surface area contributed by atoms with Gasteiger partial charge >= 0.3 is 6.61 Å². The van der Waals surface area contributed by atoms with Crippen molar-refractivity contribution in [1.29, 1.82) is 0 Å². The van der Waals surface area contributed by atoms with E-state index in [4.69, 9.17) is 0 Å². The van der Waals surface area contributed by atoms with Gasteiger partial charge in [-0.2, -0.15) is 8.78 Å². The van der Waals surface area contributed by atoms with Crippen LogP contribution in [0, 0.1) is 35.3 Å². The van der Waals surface area contributed by atoms with Crippen LogP contribution < -0.4 is 4.74 Å². The van der Waals surface area contributed by atoms with Crippen molar-refractivity contribution < 1.29 is 31.1 Å². The first kappa shape index (κ1) is 23.3. The predicted octanol–water partition coefficient (Wildman–Crippen LogP) is 7.77. The molecule has 2 fully saturated rings. The van der Waals surface area contributed by atoms with Crippen LogP contribution in [-0.4, -0.2) is 12.5 Å². The quantitative estimate of drug-likeness (QED) is 0.397. The van der Waals surface area contributed by atoms with E-state index in [1.54, 1.807) is 0 Å². The maximum Gasteiger partial charge on any atom is 0.387 e. The van der Waals surface area contributed by atoms with Gasteiger partial charge < -0.3 is 4.74 Å². The van der Waals surface area contributed by atoms with Gasteiger partial charge in [-0.25, -0.2) is 17.6 Å². The lowest BCUT2D eigenvalue weighted by Gasteiger charge is -2.39. The van der Waals surface area contributed by atoms with E-state index in [1.165, 1.54) is 32.1 Å². The molecule has 0 atom stereocenters. The lowest BCUT2D eigenvalue weighted by atomic mass is 9.68. The summed E-state index contributed by atoms with van der Waals surface area (Å²) in [5, 5.41) is 0. The molecule has 30 heavy (non-hydrogen) atoms. The second kappa shape index (κ2) is 9.82. The van der Waals surface area contributed by atoms with E-state index in [0.29, 0.717) is 36.8 Å². The van der Waals surface area contributed by atoms with Crippen molar-refractivity contribution >= 4 is 0 Å². The Morgan fingerprint density at radius 2 is 1.40 bits per heavy atom. The highest BCUT2D eigenvalue weighted by molar-refractivity contribution is 5.32. The van der Waals surface area contributed by atoms with Crippen LogP contribution in [0.1, 0.15) is 70.3 Å². The number of alkyl halides is 4. The molecule has 1 nitrogen and oxygen atoms in total. The normalized spacial score (nSPS) is 28.0. The Hall–Kier alpha value is -1.40. The first-order valence-corrected chi connectivity index (χ1v) is 11.0. The van der Waals surface area contributed by atoms with Gasteiger partial charge in [0.05, 0.1) is 0 Å². The maximum absolute atomic E-state index is 14.8. The van der Waals surface area contributed by atoms with Gasteiger partial charge in [0.2, 0.25) is 0 Å². The zero-order chi connectivity index (χ0) is 21.9. The molecule has 2 saturated carbocycles. The fourth-order valence-corrected chi connectivity index (χ4v) is 5.41. The van der Waals surface area contributed by atoms with Gasteiger partial charge in [-0.1, -0.05) is 26.2 Å². The summed E-state index contributed by atoms with van der Waals surface area (Å²) in [5.74, 6) is -6.03. The summed E-state index contributed by atoms with van der Waals surface area (Å²) in [6.45, 7) is -1.18. The second-order valence-electron chi connectivity index (χ2n) is 9.01. The Labute approximate surface area is 174 Å². The van der Waals surface area contributed by atoms with Crippen LogP contribution >= 0.6 is 0 Å². The topological polar surface area (TPSA) is 9.23 Å². The molecule has 1 aromatic rings. The highest BCUT2D eigenvalue weighted by Crippen LogP contribution is 2.46. The second-order valence-corrected chi connectivity index (χ2v) is 9.01. The average Bonchev–Trinajstić information content (AvgIpc) is 2.70. The van der Waals surface area contributed by atoms with Crippen molar-refractivity contribution in [2.75, 3.05) is 0 Å². The number of ether oxygens (including phenoxy) is 1. The lowest BCUT2D eigenvalue weighted by Crippen LogP contribution is -2.35. The van der Waals surface area contributed by atoms with Gasteiger partial charge in [0.15, 0.2) is 17.4 Å². The van der Waals surface area contributed by atoms with Gasteiger partial charge in [0.1, 0.15) is 0 Å². The minimum atomic E-state index is -3.39. The van der Waals surface area contributed by atoms with Crippen molar-refractivity contribution in [3.63, 3.8) is 0 Å². The van der Waals surface area contributed by atoms with Crippen molar-refractivity contribution in [1.82, 2.24) is 0 Å². The third kappa shape index (κ3) is 5.64. The Balaban J connectivity index is 1.57. The van der Waals surface area contributed by atoms with Crippen molar-refractivity contribution in [2.45, 2.75) is 83.7 Å². The standard InChI is InChI=1S/C23H30F6O/c1-2-14-3-5-16(6-4-14)17-7-9-18(10-8-17)23(28,29)13-15-11-19(24)21(20(25)12-15)30-22(26)27/h11-12,14,16-18,22H,2-10,13H2,1H3. The minimum Gasteiger partial charge on any atom is -0.429 e. The van der Waals surface area contributed by atoms with Crippen LogP contribution in [0.25, 0.3) is 0 Å². The predicted molar refractivity (Wildman–Crippen MR) is 103 cm³/mol. The molecule has 170 valence electrons. The molecule has 1 aromatic carbocycles. The van der Waals surface area contributed by atoms with Crippen LogP contribution in [0.4, 0.5) is 26.3 Å². The molecule has 0 bridgehead atoms. The Bertz CT molecular complexity index is 668. The number of hydrogen-bond acceptors (Lipinski definition) is 1. The van der Waals surface area contributed by atoms with Crippen molar-refractivity contribution in [3.8, 4) is 5.75 Å². The third-order valence-electron chi connectivity index (χ3n) is 7.21. The van der Waals surface area contributed by atoms with E-state index in [2.05, 4.69) is 11.7 Å². The number of hydrogen-bond donors (Lipinski definition) is 0. The molecule has 0 unspecified atom stereocenters. The lowest BCUT2D eigenvalue weighted by molar-refractivity contribution is -0.0779. The molecule has 0 heterocycles.